The summed E-state index contributed by atoms with van der Waals surface area (Å²) in [7, 11) is 0. The number of nitrogens with one attached hydrogen (secondary N) is 1. The SMILES string of the molecule is O=C(O)CC1(NC(=O)Cc2ccccc2)CCOCC1. The van der Waals surface area contributed by atoms with Crippen molar-refractivity contribution in [3.05, 3.63) is 35.9 Å². The molecule has 0 aromatic heterocycles. The summed E-state index contributed by atoms with van der Waals surface area (Å²) in [5.41, 5.74) is 0.248. The first-order valence-corrected chi connectivity index (χ1v) is 6.74. The molecule has 0 spiro atoms. The second-order valence-electron chi connectivity index (χ2n) is 5.17. The van der Waals surface area contributed by atoms with Crippen molar-refractivity contribution in [3.8, 4) is 0 Å². The molecule has 0 bridgehead atoms. The van der Waals surface area contributed by atoms with E-state index in [1.165, 1.54) is 0 Å². The summed E-state index contributed by atoms with van der Waals surface area (Å²) in [6.45, 7) is 0.970. The van der Waals surface area contributed by atoms with Crippen LogP contribution in [-0.4, -0.2) is 35.7 Å². The van der Waals surface area contributed by atoms with Crippen LogP contribution in [0.3, 0.4) is 0 Å². The number of carbonyl (C=O) groups is 2. The van der Waals surface area contributed by atoms with Gasteiger partial charge in [-0.1, -0.05) is 30.3 Å². The molecule has 2 N–H and O–H groups in total. The first-order valence-electron chi connectivity index (χ1n) is 6.74. The predicted octanol–water partition coefficient (Wildman–Crippen LogP) is 1.37. The zero-order valence-electron chi connectivity index (χ0n) is 11.3. The summed E-state index contributed by atoms with van der Waals surface area (Å²) in [5.74, 6) is -1.04. The van der Waals surface area contributed by atoms with Crippen molar-refractivity contribution < 1.29 is 19.4 Å². The Bertz CT molecular complexity index is 466. The fourth-order valence-corrected chi connectivity index (χ4v) is 2.52. The van der Waals surface area contributed by atoms with Gasteiger partial charge in [-0.15, -0.1) is 0 Å². The summed E-state index contributed by atoms with van der Waals surface area (Å²) in [6.07, 6.45) is 1.29. The lowest BCUT2D eigenvalue weighted by Gasteiger charge is -2.36. The first-order chi connectivity index (χ1) is 9.60. The van der Waals surface area contributed by atoms with Gasteiger partial charge in [-0.05, 0) is 18.4 Å². The monoisotopic (exact) mass is 277 g/mol. The molecule has 0 radical (unpaired) electrons. The van der Waals surface area contributed by atoms with Crippen LogP contribution in [0.4, 0.5) is 0 Å². The van der Waals surface area contributed by atoms with E-state index in [4.69, 9.17) is 9.84 Å². The number of hydrogen-bond acceptors (Lipinski definition) is 3. The highest BCUT2D eigenvalue weighted by Crippen LogP contribution is 2.24. The number of benzene rings is 1. The quantitative estimate of drug-likeness (QED) is 0.852. The van der Waals surface area contributed by atoms with Crippen molar-refractivity contribution in [2.75, 3.05) is 13.2 Å². The Balaban J connectivity index is 2.00. The average molecular weight is 277 g/mol. The summed E-state index contributed by atoms with van der Waals surface area (Å²) in [6, 6.07) is 9.42. The highest BCUT2D eigenvalue weighted by Gasteiger charge is 2.36. The Morgan fingerprint density at radius 2 is 1.85 bits per heavy atom. The van der Waals surface area contributed by atoms with Crippen LogP contribution in [0.15, 0.2) is 30.3 Å². The van der Waals surface area contributed by atoms with Crippen LogP contribution in [0, 0.1) is 0 Å². The minimum absolute atomic E-state index is 0.0586. The van der Waals surface area contributed by atoms with E-state index in [1.54, 1.807) is 0 Å². The minimum atomic E-state index is -0.896. The molecule has 1 aliphatic rings. The summed E-state index contributed by atoms with van der Waals surface area (Å²) < 4.78 is 5.26. The number of carbonyl (C=O) groups excluding carboxylic acids is 1. The van der Waals surface area contributed by atoms with Gasteiger partial charge in [-0.2, -0.15) is 0 Å². The highest BCUT2D eigenvalue weighted by atomic mass is 16.5. The van der Waals surface area contributed by atoms with Crippen molar-refractivity contribution in [1.29, 1.82) is 0 Å². The van der Waals surface area contributed by atoms with E-state index >= 15 is 0 Å². The molecule has 1 fully saturated rings. The van der Waals surface area contributed by atoms with Gasteiger partial charge in [0.25, 0.3) is 0 Å². The normalized spacial score (nSPS) is 17.4. The minimum Gasteiger partial charge on any atom is -0.481 e. The molecule has 0 aliphatic carbocycles. The maximum absolute atomic E-state index is 12.1. The molecule has 1 aromatic carbocycles. The van der Waals surface area contributed by atoms with Gasteiger partial charge in [0.05, 0.1) is 18.4 Å². The van der Waals surface area contributed by atoms with Crippen LogP contribution in [0.5, 0.6) is 0 Å². The number of rotatable bonds is 5. The van der Waals surface area contributed by atoms with E-state index in [1.807, 2.05) is 30.3 Å². The number of hydrogen-bond donors (Lipinski definition) is 2. The number of amides is 1. The predicted molar refractivity (Wildman–Crippen MR) is 73.3 cm³/mol. The molecule has 1 amide bonds. The fraction of sp³-hybridized carbons (Fsp3) is 0.467. The lowest BCUT2D eigenvalue weighted by molar-refractivity contribution is -0.140. The maximum atomic E-state index is 12.1. The number of aliphatic carboxylic acids is 1. The van der Waals surface area contributed by atoms with Crippen LogP contribution in [0.1, 0.15) is 24.8 Å². The molecule has 1 heterocycles. The molecule has 0 saturated carbocycles. The van der Waals surface area contributed by atoms with E-state index in [9.17, 15) is 9.59 Å². The summed E-state index contributed by atoms with van der Waals surface area (Å²) in [5, 5.41) is 12.0. The smallest absolute Gasteiger partial charge is 0.305 e. The van der Waals surface area contributed by atoms with Crippen molar-refractivity contribution in [3.63, 3.8) is 0 Å². The highest BCUT2D eigenvalue weighted by molar-refractivity contribution is 5.80. The number of carboxylic acids is 1. The van der Waals surface area contributed by atoms with Crippen molar-refractivity contribution in [1.82, 2.24) is 5.32 Å². The molecule has 108 valence electrons. The van der Waals surface area contributed by atoms with Crippen LogP contribution >= 0.6 is 0 Å². The van der Waals surface area contributed by atoms with Gasteiger partial charge in [0.1, 0.15) is 0 Å². The van der Waals surface area contributed by atoms with Gasteiger partial charge in [-0.25, -0.2) is 0 Å². The van der Waals surface area contributed by atoms with E-state index in [0.29, 0.717) is 26.1 Å². The van der Waals surface area contributed by atoms with Crippen molar-refractivity contribution in [2.24, 2.45) is 0 Å². The van der Waals surface area contributed by atoms with Gasteiger partial charge < -0.3 is 15.2 Å². The Labute approximate surface area is 117 Å². The Morgan fingerprint density at radius 1 is 1.20 bits per heavy atom. The molecular formula is C15H19NO4. The topological polar surface area (TPSA) is 75.6 Å². The van der Waals surface area contributed by atoms with Gasteiger partial charge in [0.2, 0.25) is 5.91 Å². The third-order valence-corrected chi connectivity index (χ3v) is 3.55. The molecular weight excluding hydrogens is 258 g/mol. The largest absolute Gasteiger partial charge is 0.481 e. The molecule has 1 aromatic rings. The Morgan fingerprint density at radius 3 is 2.45 bits per heavy atom. The van der Waals surface area contributed by atoms with Crippen LogP contribution in [0.25, 0.3) is 0 Å². The van der Waals surface area contributed by atoms with Crippen LogP contribution in [0.2, 0.25) is 0 Å². The van der Waals surface area contributed by atoms with Gasteiger partial charge in [-0.3, -0.25) is 9.59 Å². The zero-order valence-corrected chi connectivity index (χ0v) is 11.3. The number of ether oxygens (including phenoxy) is 1. The lowest BCUT2D eigenvalue weighted by Crippen LogP contribution is -2.53. The molecule has 20 heavy (non-hydrogen) atoms. The maximum Gasteiger partial charge on any atom is 0.305 e. The van der Waals surface area contributed by atoms with E-state index in [-0.39, 0.29) is 18.7 Å². The molecule has 1 aliphatic heterocycles. The Hall–Kier alpha value is -1.88. The Kier molecular flexibility index (Phi) is 4.74. The lowest BCUT2D eigenvalue weighted by atomic mass is 9.86. The van der Waals surface area contributed by atoms with Crippen LogP contribution < -0.4 is 5.32 Å². The van der Waals surface area contributed by atoms with E-state index < -0.39 is 11.5 Å². The van der Waals surface area contributed by atoms with Gasteiger partial charge in [0.15, 0.2) is 0 Å². The van der Waals surface area contributed by atoms with Crippen molar-refractivity contribution in [2.45, 2.75) is 31.2 Å². The molecule has 5 heteroatoms. The van der Waals surface area contributed by atoms with Gasteiger partial charge in [0, 0.05) is 13.2 Å². The summed E-state index contributed by atoms with van der Waals surface area (Å²) >= 11 is 0. The molecule has 5 nitrogen and oxygen atoms in total. The number of carboxylic acid groups (broad SMARTS) is 1. The third kappa shape index (κ3) is 4.06. The van der Waals surface area contributed by atoms with E-state index in [2.05, 4.69) is 5.32 Å². The fourth-order valence-electron chi connectivity index (χ4n) is 2.52. The van der Waals surface area contributed by atoms with Gasteiger partial charge >= 0.3 is 5.97 Å². The van der Waals surface area contributed by atoms with Crippen molar-refractivity contribution >= 4 is 11.9 Å². The van der Waals surface area contributed by atoms with E-state index in [0.717, 1.165) is 5.56 Å². The second kappa shape index (κ2) is 6.52. The molecule has 2 rings (SSSR count). The molecule has 0 atom stereocenters. The summed E-state index contributed by atoms with van der Waals surface area (Å²) in [4.78, 5) is 23.1. The second-order valence-corrected chi connectivity index (χ2v) is 5.17. The first kappa shape index (κ1) is 14.5. The van der Waals surface area contributed by atoms with Crippen LogP contribution in [-0.2, 0) is 20.7 Å². The third-order valence-electron chi connectivity index (χ3n) is 3.55. The zero-order chi connectivity index (χ0) is 14.4. The molecule has 1 saturated heterocycles. The standard InChI is InChI=1S/C15H19NO4/c17-13(10-12-4-2-1-3-5-12)16-15(11-14(18)19)6-8-20-9-7-15/h1-5H,6-11H2,(H,16,17)(H,18,19). The average Bonchev–Trinajstić information content (AvgIpc) is 2.39. The molecule has 0 unspecified atom stereocenters.